The molecule has 1 aromatic carbocycles. The van der Waals surface area contributed by atoms with Crippen LogP contribution in [0.25, 0.3) is 10.9 Å². The Morgan fingerprint density at radius 2 is 2.27 bits per heavy atom. The molecule has 0 aliphatic carbocycles. The Morgan fingerprint density at radius 1 is 1.53 bits per heavy atom. The quantitative estimate of drug-likeness (QED) is 0.881. The van der Waals surface area contributed by atoms with Gasteiger partial charge in [0, 0.05) is 16.1 Å². The number of hydrogen-bond donors (Lipinski definition) is 2. The number of H-pyrrole nitrogens is 1. The van der Waals surface area contributed by atoms with Gasteiger partial charge in [-0.1, -0.05) is 0 Å². The number of aromatic amines is 1. The Bertz CT molecular complexity index is 533. The number of aromatic nitrogens is 1. The average Bonchev–Trinajstić information content (AvgIpc) is 2.61. The number of carboxylic acid groups (broad SMARTS) is 1. The smallest absolute Gasteiger partial charge is 0.337 e. The van der Waals surface area contributed by atoms with E-state index in [2.05, 4.69) is 20.9 Å². The van der Waals surface area contributed by atoms with Crippen molar-refractivity contribution in [1.82, 2.24) is 4.98 Å². The minimum Gasteiger partial charge on any atom is -0.497 e. The second-order valence-electron chi connectivity index (χ2n) is 3.04. The molecule has 5 heteroatoms. The molecule has 0 aliphatic rings. The normalized spacial score (nSPS) is 10.5. The van der Waals surface area contributed by atoms with Gasteiger partial charge < -0.3 is 14.8 Å². The molecule has 2 rings (SSSR count). The van der Waals surface area contributed by atoms with E-state index in [1.807, 2.05) is 0 Å². The lowest BCUT2D eigenvalue weighted by molar-refractivity contribution is 0.0699. The molecule has 0 saturated heterocycles. The fourth-order valence-electron chi connectivity index (χ4n) is 1.46. The van der Waals surface area contributed by atoms with Crippen LogP contribution in [0.15, 0.2) is 22.8 Å². The van der Waals surface area contributed by atoms with Crippen molar-refractivity contribution in [2.24, 2.45) is 0 Å². The van der Waals surface area contributed by atoms with Crippen molar-refractivity contribution < 1.29 is 14.6 Å². The molecule has 78 valence electrons. The SMILES string of the molecule is COc1cc(Br)c2[nH]cc(C(=O)O)c2c1. The minimum absolute atomic E-state index is 0.240. The molecule has 1 heterocycles. The van der Waals surface area contributed by atoms with Crippen molar-refractivity contribution >= 4 is 32.8 Å². The predicted octanol–water partition coefficient (Wildman–Crippen LogP) is 2.64. The van der Waals surface area contributed by atoms with E-state index in [1.54, 1.807) is 19.2 Å². The second-order valence-corrected chi connectivity index (χ2v) is 3.89. The second kappa shape index (κ2) is 3.58. The molecule has 0 amide bonds. The van der Waals surface area contributed by atoms with Gasteiger partial charge in [0.1, 0.15) is 5.75 Å². The summed E-state index contributed by atoms with van der Waals surface area (Å²) in [6, 6.07) is 3.48. The average molecular weight is 270 g/mol. The van der Waals surface area contributed by atoms with Gasteiger partial charge in [-0.3, -0.25) is 0 Å². The van der Waals surface area contributed by atoms with Crippen molar-refractivity contribution in [2.75, 3.05) is 7.11 Å². The lowest BCUT2D eigenvalue weighted by atomic mass is 10.1. The third kappa shape index (κ3) is 1.59. The summed E-state index contributed by atoms with van der Waals surface area (Å²) in [7, 11) is 1.54. The fourth-order valence-corrected chi connectivity index (χ4v) is 2.01. The van der Waals surface area contributed by atoms with Crippen LogP contribution in [-0.4, -0.2) is 23.2 Å². The van der Waals surface area contributed by atoms with Crippen LogP contribution in [0.2, 0.25) is 0 Å². The van der Waals surface area contributed by atoms with Gasteiger partial charge in [0.2, 0.25) is 0 Å². The number of halogens is 1. The summed E-state index contributed by atoms with van der Waals surface area (Å²) >= 11 is 3.35. The molecule has 0 radical (unpaired) electrons. The highest BCUT2D eigenvalue weighted by atomic mass is 79.9. The van der Waals surface area contributed by atoms with Crippen LogP contribution in [0.5, 0.6) is 5.75 Å². The van der Waals surface area contributed by atoms with Gasteiger partial charge in [-0.2, -0.15) is 0 Å². The van der Waals surface area contributed by atoms with Gasteiger partial charge in [0.15, 0.2) is 0 Å². The number of fused-ring (bicyclic) bond motifs is 1. The molecule has 0 unspecified atom stereocenters. The largest absolute Gasteiger partial charge is 0.497 e. The van der Waals surface area contributed by atoms with E-state index in [9.17, 15) is 4.79 Å². The fraction of sp³-hybridized carbons (Fsp3) is 0.100. The maximum atomic E-state index is 10.9. The van der Waals surface area contributed by atoms with Gasteiger partial charge in [-0.05, 0) is 28.1 Å². The molecule has 15 heavy (non-hydrogen) atoms. The van der Waals surface area contributed by atoms with Crippen LogP contribution in [0, 0.1) is 0 Å². The number of benzene rings is 1. The van der Waals surface area contributed by atoms with Gasteiger partial charge in [-0.25, -0.2) is 4.79 Å². The molecule has 4 nitrogen and oxygen atoms in total. The molecular formula is C10H8BrNO3. The van der Waals surface area contributed by atoms with Crippen molar-refractivity contribution in [3.63, 3.8) is 0 Å². The number of methoxy groups -OCH3 is 1. The van der Waals surface area contributed by atoms with E-state index in [4.69, 9.17) is 9.84 Å². The Hall–Kier alpha value is -1.49. The predicted molar refractivity (Wildman–Crippen MR) is 59.5 cm³/mol. The number of hydrogen-bond acceptors (Lipinski definition) is 2. The lowest BCUT2D eigenvalue weighted by Gasteiger charge is -2.02. The summed E-state index contributed by atoms with van der Waals surface area (Å²) in [5, 5.41) is 9.58. The van der Waals surface area contributed by atoms with Gasteiger partial charge in [-0.15, -0.1) is 0 Å². The van der Waals surface area contributed by atoms with Crippen LogP contribution in [0.4, 0.5) is 0 Å². The first-order valence-corrected chi connectivity index (χ1v) is 5.00. The summed E-state index contributed by atoms with van der Waals surface area (Å²) in [4.78, 5) is 13.8. The number of carbonyl (C=O) groups is 1. The monoisotopic (exact) mass is 269 g/mol. The van der Waals surface area contributed by atoms with Crippen molar-refractivity contribution in [3.05, 3.63) is 28.4 Å². The standard InChI is InChI=1S/C10H8BrNO3/c1-15-5-2-6-7(10(13)14)4-12-9(6)8(11)3-5/h2-4,12H,1H3,(H,13,14). The van der Waals surface area contributed by atoms with Crippen LogP contribution in [0.1, 0.15) is 10.4 Å². The van der Waals surface area contributed by atoms with Gasteiger partial charge >= 0.3 is 5.97 Å². The molecule has 0 saturated carbocycles. The summed E-state index contributed by atoms with van der Waals surface area (Å²) < 4.78 is 5.85. The lowest BCUT2D eigenvalue weighted by Crippen LogP contribution is -1.94. The number of nitrogens with one attached hydrogen (secondary N) is 1. The first kappa shape index (κ1) is 10.0. The zero-order valence-electron chi connectivity index (χ0n) is 7.87. The molecule has 1 aromatic heterocycles. The molecule has 0 fully saturated rings. The van der Waals surface area contributed by atoms with E-state index >= 15 is 0 Å². The van der Waals surface area contributed by atoms with Gasteiger partial charge in [0.25, 0.3) is 0 Å². The Labute approximate surface area is 94.0 Å². The molecular weight excluding hydrogens is 262 g/mol. The van der Waals surface area contributed by atoms with Crippen molar-refractivity contribution in [2.45, 2.75) is 0 Å². The molecule has 0 atom stereocenters. The molecule has 0 aliphatic heterocycles. The third-order valence-corrected chi connectivity index (χ3v) is 2.81. The minimum atomic E-state index is -0.957. The Balaban J connectivity index is 2.78. The summed E-state index contributed by atoms with van der Waals surface area (Å²) in [5.74, 6) is -0.335. The first-order valence-electron chi connectivity index (χ1n) is 4.21. The number of rotatable bonds is 2. The molecule has 2 aromatic rings. The highest BCUT2D eigenvalue weighted by molar-refractivity contribution is 9.10. The van der Waals surface area contributed by atoms with E-state index in [0.29, 0.717) is 11.1 Å². The van der Waals surface area contributed by atoms with Crippen LogP contribution >= 0.6 is 15.9 Å². The Kier molecular flexibility index (Phi) is 2.40. The number of ether oxygens (including phenoxy) is 1. The van der Waals surface area contributed by atoms with Crippen LogP contribution < -0.4 is 4.74 Å². The van der Waals surface area contributed by atoms with Gasteiger partial charge in [0.05, 0.1) is 18.2 Å². The number of carboxylic acids is 1. The summed E-state index contributed by atoms with van der Waals surface area (Å²) in [6.07, 6.45) is 1.47. The maximum Gasteiger partial charge on any atom is 0.337 e. The highest BCUT2D eigenvalue weighted by Crippen LogP contribution is 2.30. The topological polar surface area (TPSA) is 62.3 Å². The Morgan fingerprint density at radius 3 is 2.87 bits per heavy atom. The first-order chi connectivity index (χ1) is 7.13. The van der Waals surface area contributed by atoms with Crippen LogP contribution in [-0.2, 0) is 0 Å². The zero-order chi connectivity index (χ0) is 11.0. The van der Waals surface area contributed by atoms with Crippen LogP contribution in [0.3, 0.4) is 0 Å². The molecule has 0 spiro atoms. The number of aromatic carboxylic acids is 1. The van der Waals surface area contributed by atoms with E-state index in [1.165, 1.54) is 6.20 Å². The van der Waals surface area contributed by atoms with E-state index in [-0.39, 0.29) is 5.56 Å². The zero-order valence-corrected chi connectivity index (χ0v) is 9.46. The molecule has 0 bridgehead atoms. The third-order valence-electron chi connectivity index (χ3n) is 2.18. The van der Waals surface area contributed by atoms with Crippen molar-refractivity contribution in [1.29, 1.82) is 0 Å². The van der Waals surface area contributed by atoms with Crippen molar-refractivity contribution in [3.8, 4) is 5.75 Å². The highest BCUT2D eigenvalue weighted by Gasteiger charge is 2.13. The maximum absolute atomic E-state index is 10.9. The molecule has 2 N–H and O–H groups in total. The summed E-state index contributed by atoms with van der Waals surface area (Å²) in [6.45, 7) is 0. The summed E-state index contributed by atoms with van der Waals surface area (Å²) in [5.41, 5.74) is 0.998. The van der Waals surface area contributed by atoms with E-state index in [0.717, 1.165) is 9.99 Å². The van der Waals surface area contributed by atoms with E-state index < -0.39 is 5.97 Å².